The molecular weight excluding hydrogens is 579 g/mol. The van der Waals surface area contributed by atoms with E-state index in [1.165, 1.54) is 47.5 Å². The molecule has 0 atom stereocenters. The lowest BCUT2D eigenvalue weighted by Crippen LogP contribution is -2.42. The highest BCUT2D eigenvalue weighted by atomic mass is 32.2. The van der Waals surface area contributed by atoms with Gasteiger partial charge in [0, 0.05) is 51.8 Å². The van der Waals surface area contributed by atoms with E-state index in [0.717, 1.165) is 0 Å². The fraction of sp³-hybridized carbons (Fsp3) is 0.500. The van der Waals surface area contributed by atoms with Gasteiger partial charge in [0.05, 0.1) is 0 Å². The van der Waals surface area contributed by atoms with Gasteiger partial charge in [-0.2, -0.15) is 0 Å². The van der Waals surface area contributed by atoms with Crippen LogP contribution in [0, 0.1) is 18.2 Å². The van der Waals surface area contributed by atoms with Crippen molar-refractivity contribution in [2.75, 3.05) is 19.8 Å². The molecule has 2 amide bonds. The molecule has 1 fully saturated rings. The van der Waals surface area contributed by atoms with Gasteiger partial charge in [0.2, 0.25) is 16.7 Å². The van der Waals surface area contributed by atoms with Crippen LogP contribution in [-0.4, -0.2) is 77.2 Å². The number of aromatic hydroxyl groups is 1. The van der Waals surface area contributed by atoms with Crippen LogP contribution >= 0.6 is 11.8 Å². The van der Waals surface area contributed by atoms with Crippen molar-refractivity contribution in [3.63, 3.8) is 0 Å². The van der Waals surface area contributed by atoms with E-state index in [2.05, 4.69) is 25.8 Å². The van der Waals surface area contributed by atoms with Gasteiger partial charge in [-0.15, -0.1) is 5.10 Å². The highest BCUT2D eigenvalue weighted by molar-refractivity contribution is 7.99. The molecule has 2 bridgehead atoms. The molecule has 6 rings (SSSR count). The van der Waals surface area contributed by atoms with Crippen LogP contribution in [0.4, 0.5) is 4.39 Å². The Morgan fingerprint density at radius 2 is 1.91 bits per heavy atom. The minimum absolute atomic E-state index is 0.0116. The Labute approximate surface area is 250 Å². The average molecular weight is 613 g/mol. The number of tetrazole rings is 1. The van der Waals surface area contributed by atoms with E-state index in [-0.39, 0.29) is 31.2 Å². The number of hydrogen-bond donors (Lipinski definition) is 2. The summed E-state index contributed by atoms with van der Waals surface area (Å²) in [5.41, 5.74) is -1.62. The minimum Gasteiger partial charge on any atom is -0.501 e. The summed E-state index contributed by atoms with van der Waals surface area (Å²) < 4.78 is 16.6. The number of aromatic nitrogens is 6. The van der Waals surface area contributed by atoms with Crippen LogP contribution in [0.15, 0.2) is 28.2 Å². The number of hydrogen-bond acceptors (Lipinski definition) is 10. The van der Waals surface area contributed by atoms with Crippen molar-refractivity contribution in [3.8, 4) is 5.75 Å². The molecule has 3 aromatic rings. The van der Waals surface area contributed by atoms with E-state index < -0.39 is 45.4 Å². The van der Waals surface area contributed by atoms with Gasteiger partial charge in [-0.1, -0.05) is 23.9 Å². The monoisotopic (exact) mass is 612 g/mol. The molecule has 1 saturated carbocycles. The third-order valence-corrected chi connectivity index (χ3v) is 9.86. The van der Waals surface area contributed by atoms with E-state index in [4.69, 9.17) is 0 Å². The maximum absolute atomic E-state index is 13.7. The van der Waals surface area contributed by atoms with Crippen LogP contribution in [-0.2, 0) is 35.1 Å². The zero-order valence-electron chi connectivity index (χ0n) is 24.4. The lowest BCUT2D eigenvalue weighted by Gasteiger charge is -2.41. The van der Waals surface area contributed by atoms with Crippen LogP contribution in [0.25, 0.3) is 0 Å². The molecule has 3 aliphatic rings. The lowest BCUT2D eigenvalue weighted by molar-refractivity contribution is -0.143. The summed E-state index contributed by atoms with van der Waals surface area (Å²) in [4.78, 5) is 58.5. The number of Topliss-reactive ketones (excluding diaryl/α,β-unsaturated/α-hetero) is 1. The normalized spacial score (nSPS) is 20.8. The van der Waals surface area contributed by atoms with Gasteiger partial charge < -0.3 is 15.3 Å². The number of nitrogens with one attached hydrogen (secondary N) is 1. The van der Waals surface area contributed by atoms with Crippen LogP contribution < -0.4 is 10.9 Å². The number of benzene rings is 1. The minimum atomic E-state index is -0.990. The molecule has 43 heavy (non-hydrogen) atoms. The quantitative estimate of drug-likeness (QED) is 0.267. The second kappa shape index (κ2) is 11.5. The summed E-state index contributed by atoms with van der Waals surface area (Å²) in [5.74, 6) is -2.48. The molecule has 0 saturated heterocycles. The Bertz CT molecular complexity index is 1660. The number of amides is 2. The molecule has 15 heteroatoms. The van der Waals surface area contributed by atoms with E-state index in [1.807, 2.05) is 0 Å². The molecule has 228 valence electrons. The van der Waals surface area contributed by atoms with Crippen molar-refractivity contribution >= 4 is 29.4 Å². The van der Waals surface area contributed by atoms with Gasteiger partial charge in [-0.05, 0) is 65.6 Å². The lowest BCUT2D eigenvalue weighted by atomic mass is 9.63. The summed E-state index contributed by atoms with van der Waals surface area (Å²) in [5, 5.41) is 25.8. The first-order valence-electron chi connectivity index (χ1n) is 13.8. The van der Waals surface area contributed by atoms with E-state index in [0.29, 0.717) is 47.7 Å². The number of carbonyl (C=O) groups is 3. The number of aryl methyl sites for hydroxylation is 2. The number of halogens is 1. The zero-order valence-corrected chi connectivity index (χ0v) is 25.2. The molecular formula is C28H33FN8O5S. The van der Waals surface area contributed by atoms with Crippen molar-refractivity contribution in [1.29, 1.82) is 0 Å². The maximum Gasteiger partial charge on any atom is 0.296 e. The van der Waals surface area contributed by atoms with Gasteiger partial charge >= 0.3 is 0 Å². The second-order valence-electron chi connectivity index (χ2n) is 11.7. The van der Waals surface area contributed by atoms with Crippen LogP contribution in [0.1, 0.15) is 59.5 Å². The number of thioether (sulfide) groups is 1. The summed E-state index contributed by atoms with van der Waals surface area (Å²) >= 11 is 1.45. The Hall–Kier alpha value is -4.14. The Morgan fingerprint density at radius 1 is 1.19 bits per heavy atom. The van der Waals surface area contributed by atoms with Crippen molar-refractivity contribution in [2.24, 2.45) is 12.5 Å². The first-order chi connectivity index (χ1) is 20.3. The van der Waals surface area contributed by atoms with Crippen molar-refractivity contribution in [1.82, 2.24) is 40.0 Å². The van der Waals surface area contributed by atoms with Crippen LogP contribution in [0.5, 0.6) is 5.75 Å². The third kappa shape index (κ3) is 5.77. The molecule has 0 unspecified atom stereocenters. The Morgan fingerprint density at radius 3 is 2.53 bits per heavy atom. The molecule has 0 spiro atoms. The summed E-state index contributed by atoms with van der Waals surface area (Å²) in [6.45, 7) is 1.82. The van der Waals surface area contributed by atoms with Gasteiger partial charge in [0.15, 0.2) is 5.69 Å². The molecule has 0 radical (unpaired) electrons. The van der Waals surface area contributed by atoms with Crippen molar-refractivity contribution < 1.29 is 23.9 Å². The number of likely N-dealkylation sites (N-methyl/N-ethyl adjacent to an activating group) is 1. The fourth-order valence-electron chi connectivity index (χ4n) is 5.95. The highest BCUT2D eigenvalue weighted by Gasteiger charge is 2.52. The number of fused-ring (bicyclic) bond motifs is 2. The van der Waals surface area contributed by atoms with Gasteiger partial charge in [-0.25, -0.2) is 14.1 Å². The number of nitrogens with zero attached hydrogens (tertiary/aromatic N) is 7. The summed E-state index contributed by atoms with van der Waals surface area (Å²) in [7, 11) is 4.72. The molecule has 1 aromatic carbocycles. The Kier molecular flexibility index (Phi) is 8.11. The number of carbonyl (C=O) groups excluding carboxylic acids is 3. The van der Waals surface area contributed by atoms with Crippen LogP contribution in [0.3, 0.4) is 0 Å². The third-order valence-electron chi connectivity index (χ3n) is 8.50. The molecule has 2 aromatic heterocycles. The largest absolute Gasteiger partial charge is 0.501 e. The van der Waals surface area contributed by atoms with Crippen molar-refractivity contribution in [3.05, 3.63) is 57.0 Å². The van der Waals surface area contributed by atoms with Gasteiger partial charge in [0.25, 0.3) is 17.4 Å². The van der Waals surface area contributed by atoms with E-state index in [9.17, 15) is 28.7 Å². The van der Waals surface area contributed by atoms with Crippen LogP contribution in [0.2, 0.25) is 0 Å². The first-order valence-corrected chi connectivity index (χ1v) is 14.8. The SMILES string of the molecule is Cc1cc(CNC(=O)c2nc3n(c(=O)c2O)CC2(CSc4nnnn4C)CCC3(CC(=O)C(=O)N(C)C)CC2)ccc1F. The van der Waals surface area contributed by atoms with Gasteiger partial charge in [0.1, 0.15) is 11.6 Å². The zero-order chi connectivity index (χ0) is 31.1. The standard InChI is InChI=1S/C28H33FN8O5S/c1-16-11-17(5-6-18(16)29)13-30-22(40)20-21(39)24(42)37-14-27(15-43-26-32-33-34-36(26)4)7-9-28(10-8-27,25(37)31-20)12-19(38)23(41)35(2)3/h5-6,11,39H,7-10,12-15H2,1-4H3,(H,30,40). The first kappa shape index (κ1) is 30.3. The smallest absolute Gasteiger partial charge is 0.296 e. The molecule has 2 aliphatic heterocycles. The molecule has 4 heterocycles. The second-order valence-corrected chi connectivity index (χ2v) is 12.7. The molecule has 1 aliphatic carbocycles. The predicted molar refractivity (Wildman–Crippen MR) is 153 cm³/mol. The molecule has 13 nitrogen and oxygen atoms in total. The van der Waals surface area contributed by atoms with Crippen molar-refractivity contribution in [2.45, 2.75) is 62.7 Å². The maximum atomic E-state index is 13.7. The Balaban J connectivity index is 1.52. The summed E-state index contributed by atoms with van der Waals surface area (Å²) in [6.07, 6.45) is 1.94. The summed E-state index contributed by atoms with van der Waals surface area (Å²) in [6, 6.07) is 4.41. The van der Waals surface area contributed by atoms with E-state index in [1.54, 1.807) is 24.7 Å². The fourth-order valence-corrected chi connectivity index (χ4v) is 7.09. The highest BCUT2D eigenvalue weighted by Crippen LogP contribution is 2.53. The average Bonchev–Trinajstić information content (AvgIpc) is 3.28. The predicted octanol–water partition coefficient (Wildman–Crippen LogP) is 1.50. The number of ketones is 1. The number of rotatable bonds is 9. The molecule has 2 N–H and O–H groups in total. The topological polar surface area (TPSA) is 165 Å². The van der Waals surface area contributed by atoms with Gasteiger partial charge in [-0.3, -0.25) is 23.7 Å². The van der Waals surface area contributed by atoms with E-state index >= 15 is 0 Å².